The van der Waals surface area contributed by atoms with Gasteiger partial charge in [-0.1, -0.05) is 23.7 Å². The SMILES string of the molecule is Cc1cc(OCC(=O)Nc2ccccc2C(=O)NCc2ccco2)ccc1Cl. The van der Waals surface area contributed by atoms with Crippen LogP contribution in [0.3, 0.4) is 0 Å². The van der Waals surface area contributed by atoms with Crippen molar-refractivity contribution in [3.8, 4) is 5.75 Å². The van der Waals surface area contributed by atoms with Gasteiger partial charge < -0.3 is 19.8 Å². The van der Waals surface area contributed by atoms with Crippen LogP contribution in [0, 0.1) is 6.92 Å². The summed E-state index contributed by atoms with van der Waals surface area (Å²) in [5, 5.41) is 6.09. The van der Waals surface area contributed by atoms with E-state index in [1.807, 2.05) is 6.92 Å². The van der Waals surface area contributed by atoms with Crippen LogP contribution in [-0.4, -0.2) is 18.4 Å². The van der Waals surface area contributed by atoms with Crippen molar-refractivity contribution in [1.29, 1.82) is 0 Å². The van der Waals surface area contributed by atoms with Crippen molar-refractivity contribution >= 4 is 29.1 Å². The molecule has 0 bridgehead atoms. The number of benzene rings is 2. The Bertz CT molecular complexity index is 970. The summed E-state index contributed by atoms with van der Waals surface area (Å²) in [5.74, 6) is 0.489. The van der Waals surface area contributed by atoms with Gasteiger partial charge in [0.2, 0.25) is 0 Å². The van der Waals surface area contributed by atoms with Gasteiger partial charge in [-0.3, -0.25) is 9.59 Å². The molecule has 1 heterocycles. The molecule has 0 spiro atoms. The quantitative estimate of drug-likeness (QED) is 0.625. The summed E-state index contributed by atoms with van der Waals surface area (Å²) in [4.78, 5) is 24.7. The van der Waals surface area contributed by atoms with Crippen LogP contribution < -0.4 is 15.4 Å². The number of furan rings is 1. The van der Waals surface area contributed by atoms with Gasteiger partial charge in [0.15, 0.2) is 6.61 Å². The number of halogens is 1. The third-order valence-corrected chi connectivity index (χ3v) is 4.37. The van der Waals surface area contributed by atoms with Gasteiger partial charge in [0.1, 0.15) is 11.5 Å². The van der Waals surface area contributed by atoms with Crippen LogP contribution in [0.1, 0.15) is 21.7 Å². The molecule has 1 aromatic heterocycles. The number of para-hydroxylation sites is 1. The number of rotatable bonds is 7. The average Bonchev–Trinajstić information content (AvgIpc) is 3.21. The van der Waals surface area contributed by atoms with E-state index in [1.165, 1.54) is 6.26 Å². The highest BCUT2D eigenvalue weighted by Crippen LogP contribution is 2.21. The molecule has 0 fully saturated rings. The fraction of sp³-hybridized carbons (Fsp3) is 0.143. The second kappa shape index (κ2) is 9.10. The fourth-order valence-corrected chi connectivity index (χ4v) is 2.63. The highest BCUT2D eigenvalue weighted by atomic mass is 35.5. The molecule has 0 aliphatic rings. The maximum atomic E-state index is 12.4. The van der Waals surface area contributed by atoms with Crippen LogP contribution >= 0.6 is 11.6 Å². The topological polar surface area (TPSA) is 80.6 Å². The lowest BCUT2D eigenvalue weighted by molar-refractivity contribution is -0.118. The summed E-state index contributed by atoms with van der Waals surface area (Å²) in [7, 11) is 0. The lowest BCUT2D eigenvalue weighted by Gasteiger charge is -2.12. The van der Waals surface area contributed by atoms with Crippen molar-refractivity contribution in [3.63, 3.8) is 0 Å². The van der Waals surface area contributed by atoms with Crippen LogP contribution in [0.25, 0.3) is 0 Å². The Labute approximate surface area is 167 Å². The van der Waals surface area contributed by atoms with Crippen molar-refractivity contribution in [3.05, 3.63) is 82.8 Å². The van der Waals surface area contributed by atoms with E-state index in [0.29, 0.717) is 27.8 Å². The Morgan fingerprint density at radius 3 is 2.68 bits per heavy atom. The minimum absolute atomic E-state index is 0.191. The predicted molar refractivity (Wildman–Crippen MR) is 107 cm³/mol. The van der Waals surface area contributed by atoms with Crippen molar-refractivity contribution in [1.82, 2.24) is 5.32 Å². The first-order valence-corrected chi connectivity index (χ1v) is 8.99. The molecular weight excluding hydrogens is 380 g/mol. The van der Waals surface area contributed by atoms with E-state index in [4.69, 9.17) is 20.8 Å². The minimum atomic E-state index is -0.376. The summed E-state index contributed by atoms with van der Waals surface area (Å²) in [6.07, 6.45) is 1.54. The van der Waals surface area contributed by atoms with Crippen molar-refractivity contribution in [2.24, 2.45) is 0 Å². The Balaban J connectivity index is 1.59. The van der Waals surface area contributed by atoms with E-state index in [9.17, 15) is 9.59 Å². The van der Waals surface area contributed by atoms with Gasteiger partial charge in [0.05, 0.1) is 24.1 Å². The van der Waals surface area contributed by atoms with E-state index in [2.05, 4.69) is 10.6 Å². The van der Waals surface area contributed by atoms with Gasteiger partial charge in [0, 0.05) is 5.02 Å². The molecule has 3 aromatic rings. The predicted octanol–water partition coefficient (Wildman–Crippen LogP) is 4.19. The Morgan fingerprint density at radius 2 is 1.93 bits per heavy atom. The molecule has 144 valence electrons. The van der Waals surface area contributed by atoms with Crippen LogP contribution in [0.5, 0.6) is 5.75 Å². The first kappa shape index (κ1) is 19.5. The van der Waals surface area contributed by atoms with Crippen molar-refractivity contribution < 1.29 is 18.7 Å². The Morgan fingerprint density at radius 1 is 1.11 bits per heavy atom. The van der Waals surface area contributed by atoms with Crippen LogP contribution in [0.4, 0.5) is 5.69 Å². The standard InChI is InChI=1S/C21H19ClN2O4/c1-14-11-15(8-9-18(14)22)28-13-20(25)24-19-7-3-2-6-17(19)21(26)23-12-16-5-4-10-27-16/h2-11H,12-13H2,1H3,(H,23,26)(H,24,25). The lowest BCUT2D eigenvalue weighted by atomic mass is 10.1. The fourth-order valence-electron chi connectivity index (χ4n) is 2.51. The first-order valence-electron chi connectivity index (χ1n) is 8.61. The molecule has 0 aliphatic heterocycles. The number of hydrogen-bond acceptors (Lipinski definition) is 4. The van der Waals surface area contributed by atoms with Crippen molar-refractivity contribution in [2.45, 2.75) is 13.5 Å². The van der Waals surface area contributed by atoms with Crippen LogP contribution in [-0.2, 0) is 11.3 Å². The molecule has 0 saturated heterocycles. The van der Waals surface area contributed by atoms with E-state index < -0.39 is 0 Å². The largest absolute Gasteiger partial charge is 0.484 e. The summed E-state index contributed by atoms with van der Waals surface area (Å²) in [5.41, 5.74) is 1.61. The highest BCUT2D eigenvalue weighted by Gasteiger charge is 2.14. The summed E-state index contributed by atoms with van der Waals surface area (Å²) < 4.78 is 10.7. The minimum Gasteiger partial charge on any atom is -0.484 e. The molecule has 0 aliphatic carbocycles. The normalized spacial score (nSPS) is 10.4. The number of ether oxygens (including phenoxy) is 1. The van der Waals surface area contributed by atoms with Crippen LogP contribution in [0.2, 0.25) is 5.02 Å². The number of carbonyl (C=O) groups excluding carboxylic acids is 2. The lowest BCUT2D eigenvalue weighted by Crippen LogP contribution is -2.26. The smallest absolute Gasteiger partial charge is 0.262 e. The summed E-state index contributed by atoms with van der Waals surface area (Å²) in [6.45, 7) is 1.92. The Kier molecular flexibility index (Phi) is 6.34. The summed E-state index contributed by atoms with van der Waals surface area (Å²) >= 11 is 5.98. The number of nitrogens with one attached hydrogen (secondary N) is 2. The number of hydrogen-bond donors (Lipinski definition) is 2. The molecule has 6 nitrogen and oxygen atoms in total. The van der Waals surface area contributed by atoms with Gasteiger partial charge in [-0.05, 0) is 55.0 Å². The van der Waals surface area contributed by atoms with Gasteiger partial charge in [0.25, 0.3) is 11.8 Å². The van der Waals surface area contributed by atoms with E-state index in [1.54, 1.807) is 54.6 Å². The zero-order chi connectivity index (χ0) is 19.9. The molecule has 0 saturated carbocycles. The third-order valence-electron chi connectivity index (χ3n) is 3.95. The second-order valence-electron chi connectivity index (χ2n) is 6.06. The monoisotopic (exact) mass is 398 g/mol. The molecule has 2 aromatic carbocycles. The molecule has 2 amide bonds. The van der Waals surface area contributed by atoms with Gasteiger partial charge >= 0.3 is 0 Å². The van der Waals surface area contributed by atoms with Crippen LogP contribution in [0.15, 0.2) is 65.3 Å². The molecular formula is C21H19ClN2O4. The highest BCUT2D eigenvalue weighted by molar-refractivity contribution is 6.31. The molecule has 0 radical (unpaired) electrons. The maximum absolute atomic E-state index is 12.4. The number of amides is 2. The molecule has 2 N–H and O–H groups in total. The maximum Gasteiger partial charge on any atom is 0.262 e. The van der Waals surface area contributed by atoms with E-state index in [-0.39, 0.29) is 25.0 Å². The average molecular weight is 399 g/mol. The Hall–Kier alpha value is -3.25. The van der Waals surface area contributed by atoms with E-state index in [0.717, 1.165) is 5.56 Å². The van der Waals surface area contributed by atoms with Gasteiger partial charge in [-0.15, -0.1) is 0 Å². The second-order valence-corrected chi connectivity index (χ2v) is 6.46. The molecule has 3 rings (SSSR count). The zero-order valence-electron chi connectivity index (χ0n) is 15.2. The summed E-state index contributed by atoms with van der Waals surface area (Å²) in [6, 6.07) is 15.4. The molecule has 28 heavy (non-hydrogen) atoms. The number of anilines is 1. The zero-order valence-corrected chi connectivity index (χ0v) is 16.0. The molecule has 0 atom stereocenters. The molecule has 0 unspecified atom stereocenters. The number of aryl methyl sites for hydroxylation is 1. The van der Waals surface area contributed by atoms with Crippen molar-refractivity contribution in [2.75, 3.05) is 11.9 Å². The third kappa shape index (κ3) is 5.14. The van der Waals surface area contributed by atoms with Gasteiger partial charge in [-0.25, -0.2) is 0 Å². The molecule has 7 heteroatoms. The van der Waals surface area contributed by atoms with Gasteiger partial charge in [-0.2, -0.15) is 0 Å². The van der Waals surface area contributed by atoms with E-state index >= 15 is 0 Å². The first-order chi connectivity index (χ1) is 13.5. The number of carbonyl (C=O) groups is 2.